The van der Waals surface area contributed by atoms with Crippen molar-refractivity contribution in [2.45, 2.75) is 31.2 Å². The minimum Gasteiger partial charge on any atom is -0.398 e. The minimum absolute atomic E-state index is 0.105. The van der Waals surface area contributed by atoms with Crippen molar-refractivity contribution in [1.29, 1.82) is 0 Å². The normalized spacial score (nSPS) is 20.7. The third-order valence-corrected chi connectivity index (χ3v) is 5.61. The van der Waals surface area contributed by atoms with E-state index < -0.39 is 16.1 Å². The summed E-state index contributed by atoms with van der Waals surface area (Å²) in [5, 5.41) is 2.69. The highest BCUT2D eigenvalue weighted by Crippen LogP contribution is 2.28. The summed E-state index contributed by atoms with van der Waals surface area (Å²) in [6.45, 7) is 4.08. The molecule has 3 N–H and O–H groups in total. The van der Waals surface area contributed by atoms with E-state index in [2.05, 4.69) is 5.32 Å². The van der Waals surface area contributed by atoms with Crippen LogP contribution in [0.4, 0.5) is 5.69 Å². The third-order valence-electron chi connectivity index (χ3n) is 3.48. The van der Waals surface area contributed by atoms with E-state index in [1.807, 2.05) is 0 Å². The quantitative estimate of drug-likeness (QED) is 0.794. The summed E-state index contributed by atoms with van der Waals surface area (Å²) >= 11 is 0. The molecule has 20 heavy (non-hydrogen) atoms. The second kappa shape index (κ2) is 5.41. The molecule has 1 unspecified atom stereocenters. The van der Waals surface area contributed by atoms with Crippen LogP contribution in [0.2, 0.25) is 0 Å². The Kier molecular flexibility index (Phi) is 4.01. The van der Waals surface area contributed by atoms with E-state index in [9.17, 15) is 13.2 Å². The zero-order chi connectivity index (χ0) is 14.9. The van der Waals surface area contributed by atoms with Crippen molar-refractivity contribution < 1.29 is 13.2 Å². The molecule has 1 amide bonds. The predicted octanol–water partition coefficient (Wildman–Crippen LogP) is 0.476. The number of amides is 1. The molecule has 6 nitrogen and oxygen atoms in total. The van der Waals surface area contributed by atoms with Gasteiger partial charge in [0.15, 0.2) is 0 Å². The van der Waals surface area contributed by atoms with Crippen LogP contribution in [0, 0.1) is 6.92 Å². The number of hydrogen-bond acceptors (Lipinski definition) is 4. The molecule has 110 valence electrons. The molecule has 1 heterocycles. The largest absolute Gasteiger partial charge is 0.398 e. The number of carbonyl (C=O) groups excluding carboxylic acids is 1. The van der Waals surface area contributed by atoms with Gasteiger partial charge in [0.2, 0.25) is 15.9 Å². The lowest BCUT2D eigenvalue weighted by Crippen LogP contribution is -2.56. The number of benzene rings is 1. The molecular formula is C13H19N3O3S. The Bertz CT molecular complexity index is 607. The average molecular weight is 297 g/mol. The molecule has 0 aliphatic carbocycles. The van der Waals surface area contributed by atoms with Crippen molar-refractivity contribution in [2.75, 3.05) is 18.8 Å². The molecule has 7 heteroatoms. The Hall–Kier alpha value is -1.60. The second-order valence-electron chi connectivity index (χ2n) is 4.82. The van der Waals surface area contributed by atoms with E-state index in [0.717, 1.165) is 0 Å². The summed E-state index contributed by atoms with van der Waals surface area (Å²) in [6.07, 6.45) is 0.427. The van der Waals surface area contributed by atoms with Gasteiger partial charge in [0, 0.05) is 13.1 Å². The Labute approximate surface area is 119 Å². The number of aryl methyl sites for hydroxylation is 1. The summed E-state index contributed by atoms with van der Waals surface area (Å²) in [5.41, 5.74) is 6.63. The Balaban J connectivity index is 2.51. The van der Waals surface area contributed by atoms with E-state index in [4.69, 9.17) is 5.73 Å². The Morgan fingerprint density at radius 1 is 1.45 bits per heavy atom. The number of piperazine rings is 1. The molecule has 1 aromatic carbocycles. The fraction of sp³-hybridized carbons (Fsp3) is 0.462. The zero-order valence-electron chi connectivity index (χ0n) is 11.6. The average Bonchev–Trinajstić information content (AvgIpc) is 2.37. The fourth-order valence-electron chi connectivity index (χ4n) is 2.52. The van der Waals surface area contributed by atoms with Crippen LogP contribution in [-0.4, -0.2) is 37.8 Å². The van der Waals surface area contributed by atoms with Crippen molar-refractivity contribution in [3.05, 3.63) is 23.8 Å². The molecule has 0 spiro atoms. The molecule has 0 bridgehead atoms. The lowest BCUT2D eigenvalue weighted by Gasteiger charge is -2.34. The molecule has 0 aromatic heterocycles. The van der Waals surface area contributed by atoms with Crippen LogP contribution in [0.5, 0.6) is 0 Å². The first-order valence-electron chi connectivity index (χ1n) is 6.54. The van der Waals surface area contributed by atoms with E-state index >= 15 is 0 Å². The van der Waals surface area contributed by atoms with Crippen LogP contribution in [0.3, 0.4) is 0 Å². The van der Waals surface area contributed by atoms with Gasteiger partial charge in [-0.25, -0.2) is 8.42 Å². The fourth-order valence-corrected chi connectivity index (χ4v) is 4.50. The molecule has 2 rings (SSSR count). The lowest BCUT2D eigenvalue weighted by molar-refractivity contribution is -0.126. The molecule has 1 aliphatic heterocycles. The number of hydrogen-bond donors (Lipinski definition) is 2. The topological polar surface area (TPSA) is 92.5 Å². The van der Waals surface area contributed by atoms with E-state index in [1.54, 1.807) is 32.0 Å². The number of nitrogens with one attached hydrogen (secondary N) is 1. The Morgan fingerprint density at radius 3 is 2.75 bits per heavy atom. The zero-order valence-corrected chi connectivity index (χ0v) is 12.4. The molecule has 1 saturated heterocycles. The van der Waals surface area contributed by atoms with Gasteiger partial charge in [0.25, 0.3) is 0 Å². The summed E-state index contributed by atoms with van der Waals surface area (Å²) < 4.78 is 26.9. The Morgan fingerprint density at radius 2 is 2.15 bits per heavy atom. The second-order valence-corrected chi connectivity index (χ2v) is 6.65. The van der Waals surface area contributed by atoms with Crippen LogP contribution in [0.25, 0.3) is 0 Å². The van der Waals surface area contributed by atoms with Crippen molar-refractivity contribution in [3.8, 4) is 0 Å². The maximum absolute atomic E-state index is 12.8. The van der Waals surface area contributed by atoms with Gasteiger partial charge in [-0.3, -0.25) is 4.79 Å². The molecule has 1 aliphatic rings. The first-order chi connectivity index (χ1) is 9.39. The summed E-state index contributed by atoms with van der Waals surface area (Å²) in [6, 6.07) is 4.30. The van der Waals surface area contributed by atoms with Crippen LogP contribution in [-0.2, 0) is 14.8 Å². The number of nitrogens with two attached hydrogens (primary N) is 1. The van der Waals surface area contributed by atoms with Gasteiger partial charge in [-0.15, -0.1) is 0 Å². The molecule has 1 aromatic rings. The maximum Gasteiger partial charge on any atom is 0.246 e. The van der Waals surface area contributed by atoms with Crippen molar-refractivity contribution in [1.82, 2.24) is 9.62 Å². The number of anilines is 1. The number of rotatable bonds is 3. The highest BCUT2D eigenvalue weighted by Gasteiger charge is 2.38. The van der Waals surface area contributed by atoms with E-state index in [1.165, 1.54) is 4.31 Å². The molecule has 0 radical (unpaired) electrons. The standard InChI is InChI=1S/C13H19N3O3S/c1-3-11-13(17)15-7-8-16(11)20(18,19)12-9(2)5-4-6-10(12)14/h4-6,11H,3,7-8,14H2,1-2H3,(H,15,17). The van der Waals surface area contributed by atoms with Crippen LogP contribution in [0.1, 0.15) is 18.9 Å². The number of nitrogens with zero attached hydrogens (tertiary/aromatic N) is 1. The first kappa shape index (κ1) is 14.8. The van der Waals surface area contributed by atoms with Gasteiger partial charge >= 0.3 is 0 Å². The highest BCUT2D eigenvalue weighted by atomic mass is 32.2. The van der Waals surface area contributed by atoms with Gasteiger partial charge in [0.05, 0.1) is 5.69 Å². The van der Waals surface area contributed by atoms with Gasteiger partial charge in [-0.1, -0.05) is 19.1 Å². The molecule has 1 atom stereocenters. The van der Waals surface area contributed by atoms with E-state index in [0.29, 0.717) is 18.5 Å². The highest BCUT2D eigenvalue weighted by molar-refractivity contribution is 7.89. The molecule has 1 fully saturated rings. The van der Waals surface area contributed by atoms with Crippen LogP contribution < -0.4 is 11.1 Å². The van der Waals surface area contributed by atoms with Gasteiger partial charge < -0.3 is 11.1 Å². The minimum atomic E-state index is -3.77. The summed E-state index contributed by atoms with van der Waals surface area (Å²) in [4.78, 5) is 11.9. The summed E-state index contributed by atoms with van der Waals surface area (Å²) in [5.74, 6) is -0.255. The van der Waals surface area contributed by atoms with Crippen molar-refractivity contribution in [3.63, 3.8) is 0 Å². The third kappa shape index (κ3) is 2.38. The van der Waals surface area contributed by atoms with E-state index in [-0.39, 0.29) is 23.0 Å². The lowest BCUT2D eigenvalue weighted by atomic mass is 10.2. The predicted molar refractivity (Wildman–Crippen MR) is 76.6 cm³/mol. The maximum atomic E-state index is 12.8. The SMILES string of the molecule is CCC1C(=O)NCCN1S(=O)(=O)c1c(C)cccc1N. The molecular weight excluding hydrogens is 278 g/mol. The van der Waals surface area contributed by atoms with Crippen molar-refractivity contribution in [2.24, 2.45) is 0 Å². The number of carbonyl (C=O) groups is 1. The molecule has 0 saturated carbocycles. The number of sulfonamides is 1. The van der Waals surface area contributed by atoms with Gasteiger partial charge in [-0.2, -0.15) is 4.31 Å². The van der Waals surface area contributed by atoms with Gasteiger partial charge in [-0.05, 0) is 25.0 Å². The number of nitrogen functional groups attached to an aromatic ring is 1. The first-order valence-corrected chi connectivity index (χ1v) is 7.98. The van der Waals surface area contributed by atoms with Crippen LogP contribution in [0.15, 0.2) is 23.1 Å². The van der Waals surface area contributed by atoms with Crippen LogP contribution >= 0.6 is 0 Å². The monoisotopic (exact) mass is 297 g/mol. The van der Waals surface area contributed by atoms with Crippen molar-refractivity contribution >= 4 is 21.6 Å². The smallest absolute Gasteiger partial charge is 0.246 e. The summed E-state index contributed by atoms with van der Waals surface area (Å²) in [7, 11) is -3.77. The van der Waals surface area contributed by atoms with Gasteiger partial charge in [0.1, 0.15) is 10.9 Å².